The minimum atomic E-state index is -0.173. The summed E-state index contributed by atoms with van der Waals surface area (Å²) in [6.45, 7) is 2.07. The van der Waals surface area contributed by atoms with Gasteiger partial charge in [-0.3, -0.25) is 0 Å². The lowest BCUT2D eigenvalue weighted by atomic mass is 9.82. The summed E-state index contributed by atoms with van der Waals surface area (Å²) in [7, 11) is 0. The van der Waals surface area contributed by atoms with Gasteiger partial charge in [-0.15, -0.1) is 0 Å². The molecule has 1 N–H and O–H groups in total. The average Bonchev–Trinajstić information content (AvgIpc) is 2.60. The molecule has 2 fully saturated rings. The number of aliphatic hydroxyl groups excluding tert-OH is 1. The zero-order valence-corrected chi connectivity index (χ0v) is 10.0. The zero-order chi connectivity index (χ0) is 11.7. The molecule has 2 heterocycles. The van der Waals surface area contributed by atoms with Crippen LogP contribution in [0.5, 0.6) is 0 Å². The van der Waals surface area contributed by atoms with Gasteiger partial charge in [0, 0.05) is 19.0 Å². The van der Waals surface area contributed by atoms with Crippen molar-refractivity contribution < 1.29 is 9.63 Å². The van der Waals surface area contributed by atoms with Crippen LogP contribution in [0.3, 0.4) is 0 Å². The fraction of sp³-hybridized carbons (Fsp3) is 0.833. The lowest BCUT2D eigenvalue weighted by molar-refractivity contribution is 0.0625. The maximum Gasteiger partial charge on any atom is 0.266 e. The van der Waals surface area contributed by atoms with Crippen LogP contribution in [0, 0.1) is 0 Å². The van der Waals surface area contributed by atoms with Crippen molar-refractivity contribution in [3.8, 4) is 0 Å². The molecule has 5 nitrogen and oxygen atoms in total. The Hall–Kier alpha value is -1.10. The Kier molecular flexibility index (Phi) is 3.01. The van der Waals surface area contributed by atoms with Crippen molar-refractivity contribution in [2.45, 2.75) is 50.5 Å². The Morgan fingerprint density at radius 1 is 1.12 bits per heavy atom. The summed E-state index contributed by atoms with van der Waals surface area (Å²) in [4.78, 5) is 6.69. The third-order valence-corrected chi connectivity index (χ3v) is 3.78. The van der Waals surface area contributed by atoms with E-state index in [1.54, 1.807) is 0 Å². The number of aromatic nitrogens is 2. The Morgan fingerprint density at radius 2 is 1.82 bits per heavy atom. The van der Waals surface area contributed by atoms with Crippen molar-refractivity contribution in [1.82, 2.24) is 10.1 Å². The van der Waals surface area contributed by atoms with Crippen LogP contribution >= 0.6 is 0 Å². The molecule has 94 valence electrons. The van der Waals surface area contributed by atoms with Crippen LogP contribution in [0.25, 0.3) is 0 Å². The number of anilines is 1. The number of hydrogen-bond acceptors (Lipinski definition) is 5. The zero-order valence-electron chi connectivity index (χ0n) is 10.0. The maximum absolute atomic E-state index is 9.27. The van der Waals surface area contributed by atoms with Gasteiger partial charge >= 0.3 is 0 Å². The molecule has 5 heteroatoms. The third kappa shape index (κ3) is 2.29. The normalized spacial score (nSPS) is 29.8. The van der Waals surface area contributed by atoms with E-state index >= 15 is 0 Å². The maximum atomic E-state index is 9.27. The predicted octanol–water partition coefficient (Wildman–Crippen LogP) is 1.69. The molecule has 0 radical (unpaired) electrons. The van der Waals surface area contributed by atoms with E-state index in [4.69, 9.17) is 4.52 Å². The molecular formula is C12H19N3O2. The second kappa shape index (κ2) is 4.64. The molecule has 2 aliphatic rings. The first-order valence-electron chi connectivity index (χ1n) is 6.59. The highest BCUT2D eigenvalue weighted by molar-refractivity contribution is 5.28. The van der Waals surface area contributed by atoms with Gasteiger partial charge in [0.05, 0.1) is 6.10 Å². The molecule has 0 amide bonds. The molecule has 1 aromatic heterocycles. The predicted molar refractivity (Wildman–Crippen MR) is 63.0 cm³/mol. The molecule has 0 bridgehead atoms. The topological polar surface area (TPSA) is 62.4 Å². The Bertz CT molecular complexity index is 366. The Morgan fingerprint density at radius 3 is 2.47 bits per heavy atom. The van der Waals surface area contributed by atoms with Crippen molar-refractivity contribution >= 4 is 5.95 Å². The van der Waals surface area contributed by atoms with E-state index in [9.17, 15) is 5.11 Å². The van der Waals surface area contributed by atoms with Crippen LogP contribution in [0.15, 0.2) is 4.52 Å². The van der Waals surface area contributed by atoms with E-state index < -0.39 is 0 Å². The van der Waals surface area contributed by atoms with Gasteiger partial charge in [0.2, 0.25) is 5.89 Å². The second-order valence-electron chi connectivity index (χ2n) is 5.16. The number of hydrogen-bond donors (Lipinski definition) is 1. The van der Waals surface area contributed by atoms with Gasteiger partial charge in [-0.25, -0.2) is 0 Å². The molecule has 1 saturated carbocycles. The summed E-state index contributed by atoms with van der Waals surface area (Å²) >= 11 is 0. The van der Waals surface area contributed by atoms with Crippen LogP contribution in [0.4, 0.5) is 5.95 Å². The SMILES string of the molecule is OC1CC(c2nc(N3CCCCCC3)no2)C1. The second-order valence-corrected chi connectivity index (χ2v) is 5.16. The number of aliphatic hydroxyl groups is 1. The van der Waals surface area contributed by atoms with Crippen LogP contribution < -0.4 is 4.90 Å². The van der Waals surface area contributed by atoms with Crippen LogP contribution in [0.2, 0.25) is 0 Å². The lowest BCUT2D eigenvalue weighted by Gasteiger charge is -2.27. The van der Waals surface area contributed by atoms with Crippen molar-refractivity contribution in [2.75, 3.05) is 18.0 Å². The van der Waals surface area contributed by atoms with Gasteiger partial charge in [-0.2, -0.15) is 4.98 Å². The number of nitrogens with zero attached hydrogens (tertiary/aromatic N) is 3. The first kappa shape index (κ1) is 11.0. The highest BCUT2D eigenvalue weighted by atomic mass is 16.5. The van der Waals surface area contributed by atoms with Gasteiger partial charge in [-0.05, 0) is 30.8 Å². The highest BCUT2D eigenvalue weighted by Crippen LogP contribution is 2.36. The van der Waals surface area contributed by atoms with Crippen LogP contribution in [-0.2, 0) is 0 Å². The molecule has 0 unspecified atom stereocenters. The van der Waals surface area contributed by atoms with Gasteiger partial charge in [0.25, 0.3) is 5.95 Å². The molecule has 1 aliphatic carbocycles. The van der Waals surface area contributed by atoms with Gasteiger partial charge in [0.1, 0.15) is 0 Å². The Labute approximate surface area is 101 Å². The molecule has 0 aromatic carbocycles. The van der Waals surface area contributed by atoms with Crippen molar-refractivity contribution in [2.24, 2.45) is 0 Å². The Balaban J connectivity index is 1.66. The molecule has 1 saturated heterocycles. The molecule has 0 spiro atoms. The molecule has 17 heavy (non-hydrogen) atoms. The van der Waals surface area contributed by atoms with E-state index in [-0.39, 0.29) is 12.0 Å². The van der Waals surface area contributed by atoms with Crippen molar-refractivity contribution in [3.63, 3.8) is 0 Å². The summed E-state index contributed by atoms with van der Waals surface area (Å²) < 4.78 is 5.30. The minimum Gasteiger partial charge on any atom is -0.393 e. The summed E-state index contributed by atoms with van der Waals surface area (Å²) in [5, 5.41) is 13.3. The van der Waals surface area contributed by atoms with E-state index in [1.165, 1.54) is 25.7 Å². The quantitative estimate of drug-likeness (QED) is 0.848. The fourth-order valence-electron chi connectivity index (χ4n) is 2.58. The molecule has 1 aliphatic heterocycles. The molecule has 3 rings (SSSR count). The van der Waals surface area contributed by atoms with Gasteiger partial charge in [0.15, 0.2) is 0 Å². The van der Waals surface area contributed by atoms with Crippen molar-refractivity contribution in [1.29, 1.82) is 0 Å². The van der Waals surface area contributed by atoms with E-state index in [0.717, 1.165) is 31.9 Å². The van der Waals surface area contributed by atoms with Crippen LogP contribution in [0.1, 0.15) is 50.3 Å². The third-order valence-electron chi connectivity index (χ3n) is 3.78. The van der Waals surface area contributed by atoms with E-state index in [2.05, 4.69) is 15.0 Å². The van der Waals surface area contributed by atoms with Gasteiger partial charge < -0.3 is 14.5 Å². The summed E-state index contributed by atoms with van der Waals surface area (Å²) in [5.74, 6) is 1.72. The molecule has 0 atom stereocenters. The summed E-state index contributed by atoms with van der Waals surface area (Å²) in [5.41, 5.74) is 0. The highest BCUT2D eigenvalue weighted by Gasteiger charge is 2.33. The minimum absolute atomic E-state index is 0.173. The fourth-order valence-corrected chi connectivity index (χ4v) is 2.58. The standard InChI is InChI=1S/C12H19N3O2/c16-10-7-9(8-10)11-13-12(14-17-11)15-5-3-1-2-4-6-15/h9-10,16H,1-8H2. The monoisotopic (exact) mass is 237 g/mol. The van der Waals surface area contributed by atoms with Crippen LogP contribution in [-0.4, -0.2) is 34.4 Å². The first-order valence-corrected chi connectivity index (χ1v) is 6.59. The van der Waals surface area contributed by atoms with Gasteiger partial charge in [-0.1, -0.05) is 12.8 Å². The number of rotatable bonds is 2. The smallest absolute Gasteiger partial charge is 0.266 e. The molecular weight excluding hydrogens is 218 g/mol. The largest absolute Gasteiger partial charge is 0.393 e. The van der Waals surface area contributed by atoms with E-state index in [0.29, 0.717) is 5.89 Å². The average molecular weight is 237 g/mol. The van der Waals surface area contributed by atoms with E-state index in [1.807, 2.05) is 0 Å². The van der Waals surface area contributed by atoms with Crippen molar-refractivity contribution in [3.05, 3.63) is 5.89 Å². The summed E-state index contributed by atoms with van der Waals surface area (Å²) in [6.07, 6.45) is 6.39. The first-order chi connectivity index (χ1) is 8.33. The molecule has 1 aromatic rings. The summed E-state index contributed by atoms with van der Waals surface area (Å²) in [6, 6.07) is 0. The lowest BCUT2D eigenvalue weighted by Crippen LogP contribution is -2.27.